The molecule has 0 bridgehead atoms. The molecule has 0 aromatic heterocycles. The maximum Gasteiger partial charge on any atom is 0.469 e. The Balaban J connectivity index is 0. The minimum atomic E-state index is -4.74. The van der Waals surface area contributed by atoms with Crippen LogP contribution >= 0.6 is 7.82 Å². The Morgan fingerprint density at radius 1 is 0.527 bits per heavy atom. The van der Waals surface area contributed by atoms with Crippen LogP contribution in [0.1, 0.15) is 219 Å². The van der Waals surface area contributed by atoms with Crippen LogP contribution in [0.4, 0.5) is 0 Å². The Kier molecular flexibility index (Phi) is 42.5. The highest BCUT2D eigenvalue weighted by Gasteiger charge is 2.23. The van der Waals surface area contributed by atoms with E-state index in [-0.39, 0.29) is 19.4 Å². The fourth-order valence-electron chi connectivity index (χ4n) is 6.16. The average molecular weight is 810 g/mol. The van der Waals surface area contributed by atoms with Gasteiger partial charge < -0.3 is 35.2 Å². The standard InChI is InChI=1S/C39H77O8P.C3H7NO3/c1-3-5-7-9-11-13-15-17-19-21-23-25-27-29-31-33-38(40)45-35-37(36-46-48(42,43)44)47-39(41)34-32-30-28-26-24-22-20-18-16-14-12-10-8-6-4-2;4-2(1-5)3(6)7/h37H,3-36H2,1-2H3,(H2,42,43,44);2,5H,1,4H2,(H,6,7). The van der Waals surface area contributed by atoms with Crippen LogP contribution in [0.2, 0.25) is 0 Å². The van der Waals surface area contributed by atoms with Gasteiger partial charge in [-0.15, -0.1) is 0 Å². The molecule has 0 saturated carbocycles. The maximum atomic E-state index is 12.4. The summed E-state index contributed by atoms with van der Waals surface area (Å²) in [6, 6.07) is -1.13. The number of rotatable bonds is 40. The smallest absolute Gasteiger partial charge is 0.469 e. The van der Waals surface area contributed by atoms with Gasteiger partial charge >= 0.3 is 25.7 Å². The molecule has 0 aliphatic rings. The first-order chi connectivity index (χ1) is 26.5. The van der Waals surface area contributed by atoms with Crippen molar-refractivity contribution in [1.82, 2.24) is 0 Å². The number of carbonyl (C=O) groups excluding carboxylic acids is 2. The van der Waals surface area contributed by atoms with E-state index in [2.05, 4.69) is 18.4 Å². The molecule has 2 atom stereocenters. The number of phosphoric acid groups is 1. The van der Waals surface area contributed by atoms with Gasteiger partial charge in [0.05, 0.1) is 13.2 Å². The molecular formula is C42H84NO11P. The summed E-state index contributed by atoms with van der Waals surface area (Å²) in [5, 5.41) is 15.9. The number of hydrogen-bond donors (Lipinski definition) is 5. The molecule has 0 spiro atoms. The Morgan fingerprint density at radius 2 is 0.836 bits per heavy atom. The second-order valence-corrected chi connectivity index (χ2v) is 16.3. The summed E-state index contributed by atoms with van der Waals surface area (Å²) in [4.78, 5) is 52.4. The third kappa shape index (κ3) is 46.7. The van der Waals surface area contributed by atoms with Gasteiger partial charge in [0, 0.05) is 12.8 Å². The summed E-state index contributed by atoms with van der Waals surface area (Å²) < 4.78 is 26.4. The highest BCUT2D eigenvalue weighted by molar-refractivity contribution is 7.46. The molecule has 0 aliphatic heterocycles. The first-order valence-corrected chi connectivity index (χ1v) is 23.6. The van der Waals surface area contributed by atoms with Gasteiger partial charge in [0.25, 0.3) is 0 Å². The van der Waals surface area contributed by atoms with Gasteiger partial charge in [0.2, 0.25) is 0 Å². The molecule has 0 amide bonds. The van der Waals surface area contributed by atoms with E-state index in [1.165, 1.54) is 154 Å². The van der Waals surface area contributed by atoms with Crippen molar-refractivity contribution in [2.75, 3.05) is 19.8 Å². The molecule has 0 fully saturated rings. The van der Waals surface area contributed by atoms with Crippen LogP contribution in [-0.2, 0) is 32.9 Å². The Hall–Kier alpha value is -1.56. The number of carboxylic acid groups (broad SMARTS) is 1. The summed E-state index contributed by atoms with van der Waals surface area (Å²) in [6.45, 7) is 3.20. The molecule has 2 unspecified atom stereocenters. The molecule has 0 aromatic rings. The average Bonchev–Trinajstić information content (AvgIpc) is 3.15. The SMILES string of the molecule is CCCCCCCCCCCCCCCCCC(=O)OCC(COP(=O)(O)O)OC(=O)CCCCCCCCCCCCCCCCC.NC(CO)C(=O)O. The van der Waals surface area contributed by atoms with E-state index in [1.807, 2.05) is 0 Å². The van der Waals surface area contributed by atoms with Crippen LogP contribution in [0.5, 0.6) is 0 Å². The number of hydrogen-bond acceptors (Lipinski definition) is 9. The van der Waals surface area contributed by atoms with E-state index < -0.39 is 51.1 Å². The molecule has 0 rings (SSSR count). The van der Waals surface area contributed by atoms with Gasteiger partial charge in [-0.2, -0.15) is 0 Å². The molecule has 6 N–H and O–H groups in total. The molecule has 0 radical (unpaired) electrons. The Morgan fingerprint density at radius 3 is 1.11 bits per heavy atom. The van der Waals surface area contributed by atoms with Crippen molar-refractivity contribution in [1.29, 1.82) is 0 Å². The van der Waals surface area contributed by atoms with Crippen LogP contribution < -0.4 is 5.73 Å². The second kappa shape index (κ2) is 42.1. The van der Waals surface area contributed by atoms with Crippen LogP contribution in [0.25, 0.3) is 0 Å². The summed E-state index contributed by atoms with van der Waals surface area (Å²) in [7, 11) is -4.74. The molecule has 0 aliphatic carbocycles. The van der Waals surface area contributed by atoms with Crippen molar-refractivity contribution in [2.24, 2.45) is 5.73 Å². The van der Waals surface area contributed by atoms with Crippen molar-refractivity contribution in [3.8, 4) is 0 Å². The highest BCUT2D eigenvalue weighted by atomic mass is 31.2. The number of esters is 2. The molecule has 0 saturated heterocycles. The first kappa shape index (κ1) is 55.5. The number of aliphatic carboxylic acids is 1. The molecule has 328 valence electrons. The molecule has 0 aromatic carbocycles. The zero-order valence-electron chi connectivity index (χ0n) is 35.1. The van der Waals surface area contributed by atoms with E-state index >= 15 is 0 Å². The molecule has 55 heavy (non-hydrogen) atoms. The molecular weight excluding hydrogens is 725 g/mol. The zero-order chi connectivity index (χ0) is 41.3. The number of aliphatic hydroxyl groups excluding tert-OH is 1. The van der Waals surface area contributed by atoms with E-state index in [9.17, 15) is 18.9 Å². The van der Waals surface area contributed by atoms with E-state index in [0.717, 1.165) is 32.1 Å². The van der Waals surface area contributed by atoms with Crippen molar-refractivity contribution in [2.45, 2.75) is 231 Å². The summed E-state index contributed by atoms with van der Waals surface area (Å²) in [6.07, 6.45) is 36.8. The Labute approximate surface area is 335 Å². The lowest BCUT2D eigenvalue weighted by atomic mass is 10.0. The molecule has 0 heterocycles. The topological polar surface area (TPSA) is 203 Å². The lowest BCUT2D eigenvalue weighted by Gasteiger charge is -2.18. The number of phosphoric ester groups is 1. The fourth-order valence-corrected chi connectivity index (χ4v) is 6.52. The van der Waals surface area contributed by atoms with Crippen LogP contribution in [0, 0.1) is 0 Å². The Bertz CT molecular complexity index is 918. The minimum absolute atomic E-state index is 0.220. The summed E-state index contributed by atoms with van der Waals surface area (Å²) >= 11 is 0. The summed E-state index contributed by atoms with van der Waals surface area (Å²) in [5.74, 6) is -2.05. The zero-order valence-corrected chi connectivity index (χ0v) is 36.0. The number of carboxylic acids is 1. The van der Waals surface area contributed by atoms with Gasteiger partial charge in [-0.1, -0.05) is 194 Å². The van der Waals surface area contributed by atoms with E-state index in [1.54, 1.807) is 0 Å². The lowest BCUT2D eigenvalue weighted by molar-refractivity contribution is -0.161. The number of carbonyl (C=O) groups is 3. The van der Waals surface area contributed by atoms with Gasteiger partial charge in [-0.25, -0.2) is 4.57 Å². The lowest BCUT2D eigenvalue weighted by Crippen LogP contribution is -2.33. The van der Waals surface area contributed by atoms with Crippen molar-refractivity contribution >= 4 is 25.7 Å². The quantitative estimate of drug-likeness (QED) is 0.0223. The number of nitrogens with two attached hydrogens (primary N) is 1. The van der Waals surface area contributed by atoms with E-state index in [0.29, 0.717) is 6.42 Å². The van der Waals surface area contributed by atoms with Crippen molar-refractivity contribution in [3.05, 3.63) is 0 Å². The van der Waals surface area contributed by atoms with Crippen molar-refractivity contribution in [3.63, 3.8) is 0 Å². The number of unbranched alkanes of at least 4 members (excludes halogenated alkanes) is 28. The highest BCUT2D eigenvalue weighted by Crippen LogP contribution is 2.36. The normalized spacial score (nSPS) is 12.5. The third-order valence-electron chi connectivity index (χ3n) is 9.64. The third-order valence-corrected chi connectivity index (χ3v) is 10.1. The molecule has 13 heteroatoms. The number of ether oxygens (including phenoxy) is 2. The second-order valence-electron chi connectivity index (χ2n) is 15.1. The number of aliphatic hydroxyl groups is 1. The van der Waals surface area contributed by atoms with Gasteiger partial charge in [0.15, 0.2) is 6.10 Å². The van der Waals surface area contributed by atoms with Crippen molar-refractivity contribution < 1.29 is 52.9 Å². The minimum Gasteiger partial charge on any atom is -0.480 e. The molecule has 12 nitrogen and oxygen atoms in total. The van der Waals surface area contributed by atoms with E-state index in [4.69, 9.17) is 35.2 Å². The summed E-state index contributed by atoms with van der Waals surface area (Å²) in [5.41, 5.74) is 4.77. The monoisotopic (exact) mass is 810 g/mol. The predicted octanol–water partition coefficient (Wildman–Crippen LogP) is 10.5. The van der Waals surface area contributed by atoms with Crippen LogP contribution in [0.3, 0.4) is 0 Å². The van der Waals surface area contributed by atoms with Gasteiger partial charge in [-0.3, -0.25) is 18.9 Å². The van der Waals surface area contributed by atoms with Gasteiger partial charge in [-0.05, 0) is 12.8 Å². The van der Waals surface area contributed by atoms with Crippen LogP contribution in [-0.4, -0.2) is 69.9 Å². The predicted molar refractivity (Wildman–Crippen MR) is 221 cm³/mol. The largest absolute Gasteiger partial charge is 0.480 e. The van der Waals surface area contributed by atoms with Crippen LogP contribution in [0.15, 0.2) is 0 Å². The van der Waals surface area contributed by atoms with Gasteiger partial charge in [0.1, 0.15) is 12.6 Å². The fraction of sp³-hybridized carbons (Fsp3) is 0.929. The first-order valence-electron chi connectivity index (χ1n) is 22.1. The maximum absolute atomic E-state index is 12.4.